The van der Waals surface area contributed by atoms with E-state index < -0.39 is 0 Å². The minimum absolute atomic E-state index is 0.322. The van der Waals surface area contributed by atoms with Gasteiger partial charge in [-0.05, 0) is 42.5 Å². The Morgan fingerprint density at radius 3 is 2.37 bits per heavy atom. The van der Waals surface area contributed by atoms with Crippen LogP contribution in [0.1, 0.15) is 0 Å². The Balaban J connectivity index is 2.25. The van der Waals surface area contributed by atoms with Crippen LogP contribution in [0.3, 0.4) is 0 Å². The standard InChI is InChI=1S/C14H7Br2NO2/c15-9-3-1-8(2-4-9)13-17-12-7-10(16)5-6-11(12)14(18)19-13/h1-7H. The van der Waals surface area contributed by atoms with Crippen molar-refractivity contribution in [1.29, 1.82) is 0 Å². The SMILES string of the molecule is O=c1oc(-c2ccc(Br)cc2)nc2cc(Br)ccc12. The monoisotopic (exact) mass is 379 g/mol. The van der Waals surface area contributed by atoms with Gasteiger partial charge in [0.2, 0.25) is 5.89 Å². The summed E-state index contributed by atoms with van der Waals surface area (Å²) in [7, 11) is 0. The number of halogens is 2. The minimum Gasteiger partial charge on any atom is -0.403 e. The van der Waals surface area contributed by atoms with Crippen LogP contribution >= 0.6 is 31.9 Å². The summed E-state index contributed by atoms with van der Waals surface area (Å²) in [6.07, 6.45) is 0. The first-order valence-electron chi connectivity index (χ1n) is 5.50. The van der Waals surface area contributed by atoms with Crippen LogP contribution in [0.5, 0.6) is 0 Å². The Bertz CT molecular complexity index is 810. The zero-order valence-electron chi connectivity index (χ0n) is 9.56. The molecule has 3 aromatic rings. The van der Waals surface area contributed by atoms with Gasteiger partial charge in [0.1, 0.15) is 0 Å². The van der Waals surface area contributed by atoms with E-state index >= 15 is 0 Å². The van der Waals surface area contributed by atoms with Gasteiger partial charge in [0.15, 0.2) is 0 Å². The highest BCUT2D eigenvalue weighted by molar-refractivity contribution is 9.10. The smallest absolute Gasteiger partial charge is 0.347 e. The lowest BCUT2D eigenvalue weighted by Crippen LogP contribution is -2.02. The second kappa shape index (κ2) is 4.90. The lowest BCUT2D eigenvalue weighted by molar-refractivity contribution is 0.518. The van der Waals surface area contributed by atoms with Crippen molar-refractivity contribution < 1.29 is 4.42 Å². The average molecular weight is 381 g/mol. The van der Waals surface area contributed by atoms with Crippen molar-refractivity contribution in [3.05, 3.63) is 61.8 Å². The van der Waals surface area contributed by atoms with Crippen molar-refractivity contribution in [2.75, 3.05) is 0 Å². The molecule has 19 heavy (non-hydrogen) atoms. The van der Waals surface area contributed by atoms with Gasteiger partial charge < -0.3 is 4.42 Å². The highest BCUT2D eigenvalue weighted by atomic mass is 79.9. The van der Waals surface area contributed by atoms with Crippen LogP contribution in [0.15, 0.2) is 60.6 Å². The van der Waals surface area contributed by atoms with Crippen molar-refractivity contribution >= 4 is 42.8 Å². The van der Waals surface area contributed by atoms with E-state index in [-0.39, 0.29) is 5.63 Å². The van der Waals surface area contributed by atoms with Gasteiger partial charge in [-0.3, -0.25) is 0 Å². The number of fused-ring (bicyclic) bond motifs is 1. The molecule has 0 fully saturated rings. The molecule has 3 rings (SSSR count). The van der Waals surface area contributed by atoms with Gasteiger partial charge in [-0.15, -0.1) is 0 Å². The van der Waals surface area contributed by atoms with Crippen molar-refractivity contribution in [3.8, 4) is 11.5 Å². The summed E-state index contributed by atoms with van der Waals surface area (Å²) in [4.78, 5) is 16.3. The van der Waals surface area contributed by atoms with Crippen molar-refractivity contribution in [1.82, 2.24) is 4.98 Å². The maximum atomic E-state index is 11.9. The van der Waals surface area contributed by atoms with E-state index in [1.54, 1.807) is 18.2 Å². The number of rotatable bonds is 1. The molecule has 2 aromatic carbocycles. The van der Waals surface area contributed by atoms with Crippen molar-refractivity contribution in [3.63, 3.8) is 0 Å². The minimum atomic E-state index is -0.379. The fourth-order valence-corrected chi connectivity index (χ4v) is 2.37. The van der Waals surface area contributed by atoms with Crippen LogP contribution in [-0.4, -0.2) is 4.98 Å². The molecule has 1 aromatic heterocycles. The number of hydrogen-bond acceptors (Lipinski definition) is 3. The van der Waals surface area contributed by atoms with Crippen LogP contribution in [0.4, 0.5) is 0 Å². The van der Waals surface area contributed by atoms with E-state index in [2.05, 4.69) is 36.8 Å². The summed E-state index contributed by atoms with van der Waals surface area (Å²) in [5, 5.41) is 0.476. The fraction of sp³-hybridized carbons (Fsp3) is 0. The number of nitrogens with zero attached hydrogens (tertiary/aromatic N) is 1. The first-order chi connectivity index (χ1) is 9.13. The Morgan fingerprint density at radius 1 is 0.947 bits per heavy atom. The van der Waals surface area contributed by atoms with E-state index in [4.69, 9.17) is 4.42 Å². The van der Waals surface area contributed by atoms with Crippen molar-refractivity contribution in [2.24, 2.45) is 0 Å². The van der Waals surface area contributed by atoms with E-state index in [0.717, 1.165) is 14.5 Å². The second-order valence-electron chi connectivity index (χ2n) is 3.97. The third kappa shape index (κ3) is 2.48. The zero-order chi connectivity index (χ0) is 13.4. The predicted molar refractivity (Wildman–Crippen MR) is 81.1 cm³/mol. The second-order valence-corrected chi connectivity index (χ2v) is 5.81. The average Bonchev–Trinajstić information content (AvgIpc) is 2.38. The third-order valence-corrected chi connectivity index (χ3v) is 3.70. The molecule has 5 heteroatoms. The molecule has 0 spiro atoms. The van der Waals surface area contributed by atoms with Crippen LogP contribution < -0.4 is 5.63 Å². The van der Waals surface area contributed by atoms with E-state index in [9.17, 15) is 4.79 Å². The molecule has 0 aliphatic heterocycles. The molecule has 0 unspecified atom stereocenters. The molecular formula is C14H7Br2NO2. The number of hydrogen-bond donors (Lipinski definition) is 0. The van der Waals surface area contributed by atoms with Crippen LogP contribution in [0, 0.1) is 0 Å². The van der Waals surface area contributed by atoms with Crippen LogP contribution in [-0.2, 0) is 0 Å². The highest BCUT2D eigenvalue weighted by Gasteiger charge is 2.08. The molecular weight excluding hydrogens is 374 g/mol. The van der Waals surface area contributed by atoms with Gasteiger partial charge in [0.05, 0.1) is 10.9 Å². The lowest BCUT2D eigenvalue weighted by atomic mass is 10.2. The van der Waals surface area contributed by atoms with Gasteiger partial charge in [0, 0.05) is 14.5 Å². The van der Waals surface area contributed by atoms with Gasteiger partial charge in [-0.1, -0.05) is 31.9 Å². The van der Waals surface area contributed by atoms with Gasteiger partial charge in [-0.25, -0.2) is 9.78 Å². The Kier molecular flexibility index (Phi) is 3.24. The molecule has 0 saturated heterocycles. The lowest BCUT2D eigenvalue weighted by Gasteiger charge is -2.02. The predicted octanol–water partition coefficient (Wildman–Crippen LogP) is 4.38. The molecule has 0 aliphatic rings. The third-order valence-electron chi connectivity index (χ3n) is 2.68. The largest absolute Gasteiger partial charge is 0.403 e. The molecule has 0 saturated carbocycles. The van der Waals surface area contributed by atoms with E-state index in [1.165, 1.54) is 0 Å². The molecule has 0 bridgehead atoms. The summed E-state index contributed by atoms with van der Waals surface area (Å²) in [6.45, 7) is 0. The zero-order valence-corrected chi connectivity index (χ0v) is 12.7. The normalized spacial score (nSPS) is 10.8. The molecule has 0 radical (unpaired) electrons. The summed E-state index contributed by atoms with van der Waals surface area (Å²) in [5.74, 6) is 0.322. The van der Waals surface area contributed by atoms with Gasteiger partial charge in [-0.2, -0.15) is 0 Å². The molecule has 0 atom stereocenters. The molecule has 0 N–H and O–H groups in total. The summed E-state index contributed by atoms with van der Waals surface area (Å²) < 4.78 is 7.09. The Hall–Kier alpha value is -1.46. The first kappa shape index (κ1) is 12.6. The maximum absolute atomic E-state index is 11.9. The quantitative estimate of drug-likeness (QED) is 0.629. The van der Waals surface area contributed by atoms with Crippen LogP contribution in [0.25, 0.3) is 22.4 Å². The summed E-state index contributed by atoms with van der Waals surface area (Å²) in [6, 6.07) is 12.7. The Morgan fingerprint density at radius 2 is 1.63 bits per heavy atom. The van der Waals surface area contributed by atoms with Crippen LogP contribution in [0.2, 0.25) is 0 Å². The van der Waals surface area contributed by atoms with Gasteiger partial charge >= 0.3 is 5.63 Å². The molecule has 0 aliphatic carbocycles. The Labute approximate surface area is 125 Å². The van der Waals surface area contributed by atoms with E-state index in [1.807, 2.05) is 24.3 Å². The number of aromatic nitrogens is 1. The van der Waals surface area contributed by atoms with Crippen molar-refractivity contribution in [2.45, 2.75) is 0 Å². The number of benzene rings is 2. The molecule has 94 valence electrons. The summed E-state index contributed by atoms with van der Waals surface area (Å²) >= 11 is 6.73. The van der Waals surface area contributed by atoms with Gasteiger partial charge in [0.25, 0.3) is 0 Å². The maximum Gasteiger partial charge on any atom is 0.347 e. The summed E-state index contributed by atoms with van der Waals surface area (Å²) in [5.41, 5.74) is 1.00. The first-order valence-corrected chi connectivity index (χ1v) is 7.08. The molecule has 3 nitrogen and oxygen atoms in total. The molecule has 0 amide bonds. The fourth-order valence-electron chi connectivity index (χ4n) is 1.76. The van der Waals surface area contributed by atoms with E-state index in [0.29, 0.717) is 16.8 Å². The molecule has 1 heterocycles. The highest BCUT2D eigenvalue weighted by Crippen LogP contribution is 2.22. The topological polar surface area (TPSA) is 43.1 Å².